The summed E-state index contributed by atoms with van der Waals surface area (Å²) in [5.41, 5.74) is 3.55. The molecule has 0 aliphatic carbocycles. The van der Waals surface area contributed by atoms with Gasteiger partial charge in [-0.15, -0.1) is 0 Å². The van der Waals surface area contributed by atoms with E-state index in [1.54, 1.807) is 0 Å². The van der Waals surface area contributed by atoms with Gasteiger partial charge in [-0.2, -0.15) is 0 Å². The fraction of sp³-hybridized carbons (Fsp3) is 0.833. The monoisotopic (exact) mass is 213 g/mol. The van der Waals surface area contributed by atoms with Crippen molar-refractivity contribution in [2.45, 2.75) is 34.1 Å². The predicted octanol–water partition coefficient (Wildman–Crippen LogP) is 2.19. The van der Waals surface area contributed by atoms with Crippen LogP contribution in [0.2, 0.25) is 0 Å². The van der Waals surface area contributed by atoms with Crippen LogP contribution in [0.25, 0.3) is 0 Å². The molecule has 0 saturated carbocycles. The molecule has 0 radical (unpaired) electrons. The third kappa shape index (κ3) is 5.67. The molecule has 3 heteroatoms. The van der Waals surface area contributed by atoms with E-state index < -0.39 is 0 Å². The quantitative estimate of drug-likeness (QED) is 0.662. The van der Waals surface area contributed by atoms with E-state index in [0.717, 1.165) is 12.4 Å². The van der Waals surface area contributed by atoms with Crippen LogP contribution in [-0.4, -0.2) is 25.6 Å². The van der Waals surface area contributed by atoms with Crippen molar-refractivity contribution in [2.24, 2.45) is 11.3 Å². The Hall–Kier alpha value is -0.700. The molecule has 0 aliphatic heterocycles. The van der Waals surface area contributed by atoms with Crippen LogP contribution < -0.4 is 10.7 Å². The Bertz CT molecular complexity index is 194. The fourth-order valence-corrected chi connectivity index (χ4v) is 1.68. The second-order valence-corrected chi connectivity index (χ2v) is 5.19. The van der Waals surface area contributed by atoms with Gasteiger partial charge in [0.1, 0.15) is 5.82 Å². The van der Waals surface area contributed by atoms with Gasteiger partial charge in [0, 0.05) is 20.6 Å². The average Bonchev–Trinajstić information content (AvgIpc) is 2.12. The lowest BCUT2D eigenvalue weighted by Gasteiger charge is -2.34. The Labute approximate surface area is 94.9 Å². The summed E-state index contributed by atoms with van der Waals surface area (Å²) in [6, 6.07) is 0. The summed E-state index contributed by atoms with van der Waals surface area (Å²) in [5, 5.41) is 5.07. The summed E-state index contributed by atoms with van der Waals surface area (Å²) in [6.07, 6.45) is 1.20. The SMILES string of the molecule is C=C(NC)NN(C)CC(CC)C(C)(C)C. The molecule has 15 heavy (non-hydrogen) atoms. The first-order chi connectivity index (χ1) is 6.81. The van der Waals surface area contributed by atoms with Crippen molar-refractivity contribution in [1.29, 1.82) is 0 Å². The van der Waals surface area contributed by atoms with Crippen molar-refractivity contribution in [3.63, 3.8) is 0 Å². The first kappa shape index (κ1) is 14.3. The van der Waals surface area contributed by atoms with Gasteiger partial charge in [0.15, 0.2) is 0 Å². The molecule has 2 N–H and O–H groups in total. The Morgan fingerprint density at radius 1 is 1.40 bits per heavy atom. The predicted molar refractivity (Wildman–Crippen MR) is 67.2 cm³/mol. The number of hydrogen-bond acceptors (Lipinski definition) is 3. The lowest BCUT2D eigenvalue weighted by molar-refractivity contribution is 0.136. The van der Waals surface area contributed by atoms with Crippen LogP contribution in [0.15, 0.2) is 12.4 Å². The average molecular weight is 213 g/mol. The second-order valence-electron chi connectivity index (χ2n) is 5.19. The number of hydrazine groups is 1. The lowest BCUT2D eigenvalue weighted by atomic mass is 9.79. The summed E-state index contributed by atoms with van der Waals surface area (Å²) < 4.78 is 0. The number of rotatable bonds is 6. The normalized spacial score (nSPS) is 13.8. The van der Waals surface area contributed by atoms with Gasteiger partial charge in [-0.3, -0.25) is 0 Å². The van der Waals surface area contributed by atoms with E-state index >= 15 is 0 Å². The standard InChI is InChI=1S/C12H27N3/c1-8-11(12(3,4)5)9-15(7)14-10(2)13-6/h11,13-14H,2,8-9H2,1,3-7H3. The molecule has 0 rings (SSSR count). The molecular weight excluding hydrogens is 186 g/mol. The molecule has 0 aliphatic rings. The van der Waals surface area contributed by atoms with E-state index in [4.69, 9.17) is 0 Å². The zero-order valence-corrected chi connectivity index (χ0v) is 11.1. The molecule has 0 heterocycles. The first-order valence-electron chi connectivity index (χ1n) is 5.65. The molecular formula is C12H27N3. The minimum atomic E-state index is 0.353. The van der Waals surface area contributed by atoms with Crippen LogP contribution >= 0.6 is 0 Å². The van der Waals surface area contributed by atoms with Crippen molar-refractivity contribution in [3.8, 4) is 0 Å². The number of nitrogens with zero attached hydrogens (tertiary/aromatic N) is 1. The van der Waals surface area contributed by atoms with Gasteiger partial charge in [-0.05, 0) is 11.3 Å². The number of hydrogen-bond donors (Lipinski definition) is 2. The van der Waals surface area contributed by atoms with Gasteiger partial charge in [-0.1, -0.05) is 40.7 Å². The lowest BCUT2D eigenvalue weighted by Crippen LogP contribution is -2.42. The van der Waals surface area contributed by atoms with Gasteiger partial charge < -0.3 is 10.7 Å². The van der Waals surface area contributed by atoms with E-state index in [1.807, 2.05) is 7.05 Å². The molecule has 0 aromatic rings. The summed E-state index contributed by atoms with van der Waals surface area (Å²) in [4.78, 5) is 0. The Kier molecular flexibility index (Phi) is 5.73. The third-order valence-corrected chi connectivity index (χ3v) is 2.84. The molecule has 0 saturated heterocycles. The van der Waals surface area contributed by atoms with Gasteiger partial charge >= 0.3 is 0 Å². The highest BCUT2D eigenvalue weighted by molar-refractivity contribution is 4.85. The van der Waals surface area contributed by atoms with Gasteiger partial charge in [0.2, 0.25) is 0 Å². The fourth-order valence-electron chi connectivity index (χ4n) is 1.68. The van der Waals surface area contributed by atoms with Crippen molar-refractivity contribution < 1.29 is 0 Å². The summed E-state index contributed by atoms with van der Waals surface area (Å²) >= 11 is 0. The van der Waals surface area contributed by atoms with Crippen LogP contribution in [-0.2, 0) is 0 Å². The van der Waals surface area contributed by atoms with E-state index in [2.05, 4.69) is 57.1 Å². The first-order valence-corrected chi connectivity index (χ1v) is 5.65. The molecule has 1 unspecified atom stereocenters. The zero-order chi connectivity index (χ0) is 12.1. The van der Waals surface area contributed by atoms with E-state index in [0.29, 0.717) is 11.3 Å². The number of nitrogens with one attached hydrogen (secondary N) is 2. The molecule has 0 amide bonds. The van der Waals surface area contributed by atoms with Crippen molar-refractivity contribution >= 4 is 0 Å². The van der Waals surface area contributed by atoms with Crippen molar-refractivity contribution in [2.75, 3.05) is 20.6 Å². The van der Waals surface area contributed by atoms with Crippen molar-refractivity contribution in [1.82, 2.24) is 15.8 Å². The second kappa shape index (κ2) is 6.01. The summed E-state index contributed by atoms with van der Waals surface area (Å²) in [6.45, 7) is 14.0. The van der Waals surface area contributed by atoms with E-state index in [1.165, 1.54) is 6.42 Å². The van der Waals surface area contributed by atoms with Crippen LogP contribution in [0, 0.1) is 11.3 Å². The molecule has 0 fully saturated rings. The third-order valence-electron chi connectivity index (χ3n) is 2.84. The molecule has 3 nitrogen and oxygen atoms in total. The maximum absolute atomic E-state index is 3.84. The van der Waals surface area contributed by atoms with E-state index in [-0.39, 0.29) is 0 Å². The minimum Gasteiger partial charge on any atom is -0.374 e. The summed E-state index contributed by atoms with van der Waals surface area (Å²) in [5.74, 6) is 1.51. The van der Waals surface area contributed by atoms with Crippen molar-refractivity contribution in [3.05, 3.63) is 12.4 Å². The van der Waals surface area contributed by atoms with Crippen LogP contribution in [0.5, 0.6) is 0 Å². The minimum absolute atomic E-state index is 0.353. The highest BCUT2D eigenvalue weighted by Crippen LogP contribution is 2.28. The highest BCUT2D eigenvalue weighted by atomic mass is 15.5. The Balaban J connectivity index is 4.13. The molecule has 0 aromatic heterocycles. The van der Waals surface area contributed by atoms with Crippen LogP contribution in [0.4, 0.5) is 0 Å². The molecule has 0 spiro atoms. The van der Waals surface area contributed by atoms with Gasteiger partial charge in [-0.25, -0.2) is 5.01 Å². The Morgan fingerprint density at radius 2 is 1.93 bits per heavy atom. The smallest absolute Gasteiger partial charge is 0.106 e. The van der Waals surface area contributed by atoms with Crippen LogP contribution in [0.3, 0.4) is 0 Å². The molecule has 0 bridgehead atoms. The highest BCUT2D eigenvalue weighted by Gasteiger charge is 2.23. The van der Waals surface area contributed by atoms with Gasteiger partial charge in [0.05, 0.1) is 0 Å². The maximum atomic E-state index is 3.84. The largest absolute Gasteiger partial charge is 0.374 e. The van der Waals surface area contributed by atoms with Gasteiger partial charge in [0.25, 0.3) is 0 Å². The Morgan fingerprint density at radius 3 is 2.27 bits per heavy atom. The zero-order valence-electron chi connectivity index (χ0n) is 11.1. The molecule has 1 atom stereocenters. The topological polar surface area (TPSA) is 27.3 Å². The van der Waals surface area contributed by atoms with E-state index in [9.17, 15) is 0 Å². The summed E-state index contributed by atoms with van der Waals surface area (Å²) in [7, 11) is 3.92. The molecule has 0 aromatic carbocycles. The maximum Gasteiger partial charge on any atom is 0.106 e. The van der Waals surface area contributed by atoms with Crippen LogP contribution in [0.1, 0.15) is 34.1 Å². The molecule has 90 valence electrons.